The molecule has 3 aromatic rings. The fourth-order valence-corrected chi connectivity index (χ4v) is 4.59. The lowest BCUT2D eigenvalue weighted by molar-refractivity contribution is 0.132. The second-order valence-electron chi connectivity index (χ2n) is 8.17. The van der Waals surface area contributed by atoms with Crippen LogP contribution < -0.4 is 5.73 Å². The largest absolute Gasteiger partial charge is 0.321 e. The second kappa shape index (κ2) is 7.90. The predicted octanol–water partition coefficient (Wildman–Crippen LogP) is 5.34. The van der Waals surface area contributed by atoms with Crippen LogP contribution in [0, 0.1) is 13.8 Å². The Bertz CT molecular complexity index is 878. The minimum atomic E-state index is -0.222. The molecule has 2 heteroatoms. The second-order valence-corrected chi connectivity index (χ2v) is 8.17. The molecule has 2 nitrogen and oxygen atoms in total. The maximum Gasteiger partial charge on any atom is 0.0607 e. The summed E-state index contributed by atoms with van der Waals surface area (Å²) in [4.78, 5) is 2.62. The Balaban J connectivity index is 1.66. The van der Waals surface area contributed by atoms with Crippen molar-refractivity contribution in [2.24, 2.45) is 5.73 Å². The Kier molecular flexibility index (Phi) is 5.34. The number of nitrogens with zero attached hydrogens (tertiary/aromatic N) is 1. The monoisotopic (exact) mass is 370 g/mol. The Morgan fingerprint density at radius 2 is 1.18 bits per heavy atom. The standard InChI is InChI=1S/C26H30N2/c1-20-10-6-8-14-23(20)25(24-15-9-7-11-21(24)2)28-18-16-26(27,17-19-28)22-12-4-3-5-13-22/h3-15,25H,16-19,27H2,1-2H3. The lowest BCUT2D eigenvalue weighted by Crippen LogP contribution is -2.49. The molecule has 1 heterocycles. The Morgan fingerprint density at radius 1 is 0.714 bits per heavy atom. The van der Waals surface area contributed by atoms with Gasteiger partial charge in [-0.1, -0.05) is 78.9 Å². The smallest absolute Gasteiger partial charge is 0.0607 e. The van der Waals surface area contributed by atoms with Gasteiger partial charge < -0.3 is 5.73 Å². The minimum Gasteiger partial charge on any atom is -0.321 e. The maximum atomic E-state index is 6.85. The highest BCUT2D eigenvalue weighted by Crippen LogP contribution is 2.38. The first-order valence-electron chi connectivity index (χ1n) is 10.3. The topological polar surface area (TPSA) is 29.3 Å². The van der Waals surface area contributed by atoms with Crippen molar-refractivity contribution in [1.82, 2.24) is 4.90 Å². The zero-order valence-corrected chi connectivity index (χ0v) is 16.9. The Labute approximate surface area is 169 Å². The summed E-state index contributed by atoms with van der Waals surface area (Å²) in [6.45, 7) is 6.45. The summed E-state index contributed by atoms with van der Waals surface area (Å²) < 4.78 is 0. The van der Waals surface area contributed by atoms with Gasteiger partial charge in [0.1, 0.15) is 0 Å². The first kappa shape index (κ1) is 18.9. The zero-order chi connectivity index (χ0) is 19.6. The van der Waals surface area contributed by atoms with E-state index in [1.165, 1.54) is 27.8 Å². The molecule has 0 saturated carbocycles. The van der Waals surface area contributed by atoms with E-state index in [2.05, 4.69) is 97.6 Å². The Hall–Kier alpha value is -2.42. The number of nitrogens with two attached hydrogens (primary N) is 1. The van der Waals surface area contributed by atoms with Gasteiger partial charge in [0.25, 0.3) is 0 Å². The van der Waals surface area contributed by atoms with E-state index in [-0.39, 0.29) is 11.6 Å². The van der Waals surface area contributed by atoms with Crippen molar-refractivity contribution in [3.05, 3.63) is 107 Å². The van der Waals surface area contributed by atoms with E-state index in [1.54, 1.807) is 0 Å². The summed E-state index contributed by atoms with van der Waals surface area (Å²) in [5.74, 6) is 0. The average molecular weight is 371 g/mol. The summed E-state index contributed by atoms with van der Waals surface area (Å²) >= 11 is 0. The summed E-state index contributed by atoms with van der Waals surface area (Å²) in [6.07, 6.45) is 1.95. The van der Waals surface area contributed by atoms with Crippen LogP contribution in [-0.2, 0) is 5.54 Å². The van der Waals surface area contributed by atoms with Crippen LogP contribution in [0.15, 0.2) is 78.9 Å². The van der Waals surface area contributed by atoms with Crippen molar-refractivity contribution in [2.75, 3.05) is 13.1 Å². The summed E-state index contributed by atoms with van der Waals surface area (Å²) in [5, 5.41) is 0. The molecule has 0 atom stereocenters. The fraction of sp³-hybridized carbons (Fsp3) is 0.308. The molecule has 0 bridgehead atoms. The minimum absolute atomic E-state index is 0.222. The number of hydrogen-bond donors (Lipinski definition) is 1. The van der Waals surface area contributed by atoms with E-state index in [1.807, 2.05) is 0 Å². The van der Waals surface area contributed by atoms with E-state index in [9.17, 15) is 0 Å². The molecule has 0 aliphatic carbocycles. The van der Waals surface area contributed by atoms with E-state index in [4.69, 9.17) is 5.73 Å². The predicted molar refractivity (Wildman–Crippen MR) is 117 cm³/mol. The highest BCUT2D eigenvalue weighted by atomic mass is 15.2. The highest BCUT2D eigenvalue weighted by molar-refractivity contribution is 5.40. The van der Waals surface area contributed by atoms with Crippen molar-refractivity contribution in [3.63, 3.8) is 0 Å². The van der Waals surface area contributed by atoms with E-state index in [0.717, 1.165) is 25.9 Å². The molecule has 0 spiro atoms. The van der Waals surface area contributed by atoms with Crippen LogP contribution in [0.25, 0.3) is 0 Å². The quantitative estimate of drug-likeness (QED) is 0.671. The van der Waals surface area contributed by atoms with Crippen molar-refractivity contribution in [1.29, 1.82) is 0 Å². The van der Waals surface area contributed by atoms with Crippen LogP contribution in [0.4, 0.5) is 0 Å². The molecule has 0 amide bonds. The molecule has 144 valence electrons. The molecule has 28 heavy (non-hydrogen) atoms. The van der Waals surface area contributed by atoms with Crippen LogP contribution in [0.3, 0.4) is 0 Å². The molecular weight excluding hydrogens is 340 g/mol. The van der Waals surface area contributed by atoms with Gasteiger partial charge >= 0.3 is 0 Å². The summed E-state index contributed by atoms with van der Waals surface area (Å²) in [5.41, 5.74) is 13.4. The van der Waals surface area contributed by atoms with Crippen molar-refractivity contribution in [3.8, 4) is 0 Å². The van der Waals surface area contributed by atoms with Gasteiger partial charge in [0.05, 0.1) is 6.04 Å². The Morgan fingerprint density at radius 3 is 1.68 bits per heavy atom. The van der Waals surface area contributed by atoms with E-state index >= 15 is 0 Å². The number of benzene rings is 3. The molecule has 1 aliphatic heterocycles. The molecule has 0 aromatic heterocycles. The third kappa shape index (κ3) is 3.63. The SMILES string of the molecule is Cc1ccccc1C(c1ccccc1C)N1CCC(N)(c2ccccc2)CC1. The molecular formula is C26H30N2. The van der Waals surface area contributed by atoms with Crippen LogP contribution in [0.5, 0.6) is 0 Å². The van der Waals surface area contributed by atoms with E-state index < -0.39 is 0 Å². The zero-order valence-electron chi connectivity index (χ0n) is 16.9. The van der Waals surface area contributed by atoms with Crippen molar-refractivity contribution >= 4 is 0 Å². The normalized spacial score (nSPS) is 17.0. The molecule has 4 rings (SSSR count). The molecule has 3 aromatic carbocycles. The maximum absolute atomic E-state index is 6.85. The molecule has 2 N–H and O–H groups in total. The summed E-state index contributed by atoms with van der Waals surface area (Å²) in [6, 6.07) is 28.5. The van der Waals surface area contributed by atoms with Crippen LogP contribution >= 0.6 is 0 Å². The number of aryl methyl sites for hydroxylation is 2. The van der Waals surface area contributed by atoms with Gasteiger partial charge in [-0.15, -0.1) is 0 Å². The number of hydrogen-bond acceptors (Lipinski definition) is 2. The molecule has 1 aliphatic rings. The van der Waals surface area contributed by atoms with Crippen molar-refractivity contribution < 1.29 is 0 Å². The van der Waals surface area contributed by atoms with Gasteiger partial charge in [-0.3, -0.25) is 4.90 Å². The number of likely N-dealkylation sites (tertiary alicyclic amines) is 1. The molecule has 1 fully saturated rings. The first-order chi connectivity index (χ1) is 13.6. The third-order valence-corrected chi connectivity index (χ3v) is 6.37. The van der Waals surface area contributed by atoms with Gasteiger partial charge in [-0.2, -0.15) is 0 Å². The van der Waals surface area contributed by atoms with Gasteiger partial charge in [-0.25, -0.2) is 0 Å². The number of rotatable bonds is 4. The first-order valence-corrected chi connectivity index (χ1v) is 10.3. The highest BCUT2D eigenvalue weighted by Gasteiger charge is 2.36. The molecule has 0 radical (unpaired) electrons. The lowest BCUT2D eigenvalue weighted by atomic mass is 9.80. The van der Waals surface area contributed by atoms with Gasteiger partial charge in [-0.05, 0) is 54.5 Å². The lowest BCUT2D eigenvalue weighted by Gasteiger charge is -2.43. The van der Waals surface area contributed by atoms with Crippen LogP contribution in [0.2, 0.25) is 0 Å². The van der Waals surface area contributed by atoms with E-state index in [0.29, 0.717) is 0 Å². The van der Waals surface area contributed by atoms with Gasteiger partial charge in [0.15, 0.2) is 0 Å². The third-order valence-electron chi connectivity index (χ3n) is 6.37. The molecule has 1 saturated heterocycles. The molecule has 0 unspecified atom stereocenters. The average Bonchev–Trinajstić information content (AvgIpc) is 2.73. The summed E-state index contributed by atoms with van der Waals surface area (Å²) in [7, 11) is 0. The van der Waals surface area contributed by atoms with Crippen LogP contribution in [0.1, 0.15) is 46.7 Å². The van der Waals surface area contributed by atoms with Crippen LogP contribution in [-0.4, -0.2) is 18.0 Å². The van der Waals surface area contributed by atoms with Crippen molar-refractivity contribution in [2.45, 2.75) is 38.3 Å². The number of piperidine rings is 1. The van der Waals surface area contributed by atoms with Gasteiger partial charge in [0, 0.05) is 18.6 Å². The van der Waals surface area contributed by atoms with Gasteiger partial charge in [0.2, 0.25) is 0 Å². The fourth-order valence-electron chi connectivity index (χ4n) is 4.59.